The third-order valence-electron chi connectivity index (χ3n) is 5.06. The molecule has 5 nitrogen and oxygen atoms in total. The van der Waals surface area contributed by atoms with Crippen molar-refractivity contribution in [2.75, 3.05) is 11.1 Å². The van der Waals surface area contributed by atoms with Crippen LogP contribution in [0.5, 0.6) is 0 Å². The molecule has 170 valence electrons. The van der Waals surface area contributed by atoms with E-state index in [1.807, 2.05) is 37.3 Å². The molecule has 1 N–H and O–H groups in total. The van der Waals surface area contributed by atoms with Crippen LogP contribution in [-0.4, -0.2) is 21.2 Å². The van der Waals surface area contributed by atoms with E-state index in [1.165, 1.54) is 16.6 Å². The molecule has 0 spiro atoms. The minimum absolute atomic E-state index is 0.0806. The molecule has 0 aliphatic rings. The number of nitrogens with one attached hydrogen (secondary N) is 1. The lowest BCUT2D eigenvalue weighted by atomic mass is 10.1. The number of anilines is 1. The summed E-state index contributed by atoms with van der Waals surface area (Å²) in [5.74, 6) is -0.154. The van der Waals surface area contributed by atoms with Gasteiger partial charge < -0.3 is 5.32 Å². The van der Waals surface area contributed by atoms with E-state index in [0.29, 0.717) is 36.8 Å². The summed E-state index contributed by atoms with van der Waals surface area (Å²) in [5.41, 5.74) is 2.14. The van der Waals surface area contributed by atoms with Crippen LogP contribution >= 0.6 is 46.3 Å². The van der Waals surface area contributed by atoms with Crippen molar-refractivity contribution >= 4 is 68.1 Å². The Hall–Kier alpha value is -2.32. The Labute approximate surface area is 209 Å². The van der Waals surface area contributed by atoms with Crippen molar-refractivity contribution < 1.29 is 4.79 Å². The van der Waals surface area contributed by atoms with Gasteiger partial charge in [-0.2, -0.15) is 0 Å². The summed E-state index contributed by atoms with van der Waals surface area (Å²) in [6.45, 7) is 4.10. The average molecular weight is 518 g/mol. The molecule has 4 rings (SSSR count). The molecule has 2 aromatic heterocycles. The van der Waals surface area contributed by atoms with Gasteiger partial charge in [-0.15, -0.1) is 11.3 Å². The smallest absolute Gasteiger partial charge is 0.267 e. The highest BCUT2D eigenvalue weighted by Gasteiger charge is 2.19. The van der Waals surface area contributed by atoms with E-state index in [2.05, 4.69) is 12.2 Å². The molecule has 0 bridgehead atoms. The third kappa shape index (κ3) is 5.11. The number of aryl methyl sites for hydroxylation is 2. The van der Waals surface area contributed by atoms with Gasteiger partial charge in [0.05, 0.1) is 26.9 Å². The molecule has 2 heterocycles. The van der Waals surface area contributed by atoms with Crippen LogP contribution in [-0.2, 0) is 11.2 Å². The predicted molar refractivity (Wildman–Crippen MR) is 140 cm³/mol. The first-order valence-corrected chi connectivity index (χ1v) is 12.9. The summed E-state index contributed by atoms with van der Waals surface area (Å²) >= 11 is 14.8. The number of hydrogen-bond acceptors (Lipinski definition) is 5. The summed E-state index contributed by atoms with van der Waals surface area (Å²) < 4.78 is 1.59. The SMILES string of the molecule is CCCc1sc2nc(SCC(=O)Nc3ccc(Cl)c(Cl)c3)n(-c3ccccc3)c(=O)c2c1C. The molecule has 0 saturated heterocycles. The molecule has 4 aromatic rings. The van der Waals surface area contributed by atoms with E-state index in [4.69, 9.17) is 28.2 Å². The number of rotatable bonds is 7. The number of halogens is 2. The van der Waals surface area contributed by atoms with Crippen LogP contribution in [0.4, 0.5) is 5.69 Å². The highest BCUT2D eigenvalue weighted by molar-refractivity contribution is 7.99. The molecule has 9 heteroatoms. The fourth-order valence-corrected chi connectivity index (χ4v) is 5.91. The van der Waals surface area contributed by atoms with Crippen molar-refractivity contribution in [3.05, 3.63) is 79.4 Å². The van der Waals surface area contributed by atoms with E-state index in [-0.39, 0.29) is 17.2 Å². The van der Waals surface area contributed by atoms with Crippen LogP contribution in [0.3, 0.4) is 0 Å². The van der Waals surface area contributed by atoms with Crippen molar-refractivity contribution in [3.8, 4) is 5.69 Å². The Morgan fingerprint density at radius 1 is 1.15 bits per heavy atom. The molecule has 0 saturated carbocycles. The quantitative estimate of drug-likeness (QED) is 0.217. The van der Waals surface area contributed by atoms with Crippen molar-refractivity contribution in [1.29, 1.82) is 0 Å². The maximum Gasteiger partial charge on any atom is 0.267 e. The lowest BCUT2D eigenvalue weighted by Crippen LogP contribution is -2.22. The van der Waals surface area contributed by atoms with Gasteiger partial charge in [0.15, 0.2) is 5.16 Å². The first-order valence-electron chi connectivity index (χ1n) is 10.4. The van der Waals surface area contributed by atoms with E-state index in [9.17, 15) is 9.59 Å². The normalized spacial score (nSPS) is 11.2. The summed E-state index contributed by atoms with van der Waals surface area (Å²) in [6, 6.07) is 14.3. The fourth-order valence-electron chi connectivity index (χ4n) is 3.48. The number of amides is 1. The molecule has 0 unspecified atom stereocenters. The summed E-state index contributed by atoms with van der Waals surface area (Å²) in [6.07, 6.45) is 1.91. The lowest BCUT2D eigenvalue weighted by Gasteiger charge is -2.12. The van der Waals surface area contributed by atoms with Gasteiger partial charge in [0, 0.05) is 10.6 Å². The standard InChI is InChI=1S/C24H21Cl2N3O2S2/c1-3-7-19-14(2)21-22(33-19)28-24(29(23(21)31)16-8-5-4-6-9-16)32-13-20(30)27-15-10-11-17(25)18(26)12-15/h4-6,8-12H,3,7,13H2,1-2H3,(H,27,30). The van der Waals surface area contributed by atoms with Crippen LogP contribution in [0.2, 0.25) is 10.0 Å². The van der Waals surface area contributed by atoms with Crippen LogP contribution in [0.25, 0.3) is 15.9 Å². The zero-order valence-corrected chi connectivity index (χ0v) is 21.2. The van der Waals surface area contributed by atoms with Gasteiger partial charge >= 0.3 is 0 Å². The van der Waals surface area contributed by atoms with Gasteiger partial charge in [-0.3, -0.25) is 14.2 Å². The van der Waals surface area contributed by atoms with Gasteiger partial charge in [0.1, 0.15) is 4.83 Å². The fraction of sp³-hybridized carbons (Fsp3) is 0.208. The zero-order valence-electron chi connectivity index (χ0n) is 18.0. The van der Waals surface area contributed by atoms with Crippen LogP contribution in [0, 0.1) is 6.92 Å². The minimum atomic E-state index is -0.235. The van der Waals surface area contributed by atoms with E-state index < -0.39 is 0 Å². The Kier molecular flexibility index (Phi) is 7.44. The number of thioether (sulfide) groups is 1. The van der Waals surface area contributed by atoms with Gasteiger partial charge in [-0.1, -0.05) is 66.5 Å². The predicted octanol–water partition coefficient (Wildman–Crippen LogP) is 6.75. The maximum atomic E-state index is 13.6. The highest BCUT2D eigenvalue weighted by atomic mass is 35.5. The van der Waals surface area contributed by atoms with Gasteiger partial charge in [0.2, 0.25) is 5.91 Å². The molecule has 0 radical (unpaired) electrons. The highest BCUT2D eigenvalue weighted by Crippen LogP contribution is 2.31. The minimum Gasteiger partial charge on any atom is -0.325 e. The Morgan fingerprint density at radius 2 is 1.91 bits per heavy atom. The maximum absolute atomic E-state index is 13.6. The summed E-state index contributed by atoms with van der Waals surface area (Å²) in [5, 5.41) is 4.72. The molecule has 33 heavy (non-hydrogen) atoms. The number of thiophene rings is 1. The zero-order chi connectivity index (χ0) is 23.5. The van der Waals surface area contributed by atoms with E-state index >= 15 is 0 Å². The second kappa shape index (κ2) is 10.3. The summed E-state index contributed by atoms with van der Waals surface area (Å²) in [7, 11) is 0. The number of hydrogen-bond donors (Lipinski definition) is 1. The van der Waals surface area contributed by atoms with Gasteiger partial charge in [-0.05, 0) is 49.2 Å². The van der Waals surface area contributed by atoms with Crippen molar-refractivity contribution in [1.82, 2.24) is 9.55 Å². The molecule has 0 atom stereocenters. The van der Waals surface area contributed by atoms with E-state index in [1.54, 1.807) is 34.1 Å². The van der Waals surface area contributed by atoms with E-state index in [0.717, 1.165) is 18.4 Å². The van der Waals surface area contributed by atoms with Gasteiger partial charge in [-0.25, -0.2) is 4.98 Å². The number of para-hydroxylation sites is 1. The largest absolute Gasteiger partial charge is 0.325 e. The molecule has 2 aromatic carbocycles. The number of benzene rings is 2. The molecular weight excluding hydrogens is 497 g/mol. The van der Waals surface area contributed by atoms with Crippen LogP contribution in [0.15, 0.2) is 58.5 Å². The molecular formula is C24H21Cl2N3O2S2. The summed E-state index contributed by atoms with van der Waals surface area (Å²) in [4.78, 5) is 32.9. The number of fused-ring (bicyclic) bond motifs is 1. The lowest BCUT2D eigenvalue weighted by molar-refractivity contribution is -0.113. The van der Waals surface area contributed by atoms with Crippen LogP contribution in [0.1, 0.15) is 23.8 Å². The Balaban J connectivity index is 1.69. The van der Waals surface area contributed by atoms with Crippen molar-refractivity contribution in [3.63, 3.8) is 0 Å². The molecule has 1 amide bonds. The topological polar surface area (TPSA) is 64.0 Å². The number of carbonyl (C=O) groups excluding carboxylic acids is 1. The second-order valence-electron chi connectivity index (χ2n) is 7.42. The number of nitrogens with zero attached hydrogens (tertiary/aromatic N) is 2. The number of aromatic nitrogens is 2. The van der Waals surface area contributed by atoms with Gasteiger partial charge in [0.25, 0.3) is 5.56 Å². The molecule has 0 aliphatic heterocycles. The Morgan fingerprint density at radius 3 is 2.61 bits per heavy atom. The van der Waals surface area contributed by atoms with Crippen molar-refractivity contribution in [2.24, 2.45) is 0 Å². The monoisotopic (exact) mass is 517 g/mol. The molecule has 0 aliphatic carbocycles. The average Bonchev–Trinajstić information content (AvgIpc) is 3.11. The number of carbonyl (C=O) groups is 1. The Bertz CT molecular complexity index is 1380. The first kappa shape index (κ1) is 23.8. The third-order valence-corrected chi connectivity index (χ3v) is 7.98. The van der Waals surface area contributed by atoms with Crippen molar-refractivity contribution in [2.45, 2.75) is 31.8 Å². The molecule has 0 fully saturated rings. The first-order chi connectivity index (χ1) is 15.9. The van der Waals surface area contributed by atoms with Crippen LogP contribution < -0.4 is 10.9 Å². The second-order valence-corrected chi connectivity index (χ2v) is 10.3.